The summed E-state index contributed by atoms with van der Waals surface area (Å²) in [5.74, 6) is -1.79. The third-order valence-corrected chi connectivity index (χ3v) is 6.24. The normalized spacial score (nSPS) is 13.5. The summed E-state index contributed by atoms with van der Waals surface area (Å²) in [6, 6.07) is 11.7. The highest BCUT2D eigenvalue weighted by atomic mass is 32.2. The minimum absolute atomic E-state index is 0.144. The first-order valence-corrected chi connectivity index (χ1v) is 9.99. The predicted molar refractivity (Wildman–Crippen MR) is 99.7 cm³/mol. The number of likely N-dealkylation sites (N-methyl/N-ethyl adjacent to an activating group) is 1. The van der Waals surface area contributed by atoms with E-state index in [1.807, 2.05) is 24.3 Å². The lowest BCUT2D eigenvalue weighted by atomic mass is 10.2. The number of halogens is 1. The van der Waals surface area contributed by atoms with Crippen molar-refractivity contribution in [2.24, 2.45) is 0 Å². The van der Waals surface area contributed by atoms with Gasteiger partial charge in [-0.3, -0.25) is 9.59 Å². The second-order valence-electron chi connectivity index (χ2n) is 6.30. The largest absolute Gasteiger partial charge is 0.455 e. The zero-order valence-electron chi connectivity index (χ0n) is 15.2. The number of sulfonamides is 1. The summed E-state index contributed by atoms with van der Waals surface area (Å²) in [6.07, 6.45) is 0.731. The van der Waals surface area contributed by atoms with Crippen LogP contribution in [0.3, 0.4) is 0 Å². The number of hydrogen-bond donors (Lipinski definition) is 0. The van der Waals surface area contributed by atoms with Crippen molar-refractivity contribution >= 4 is 27.6 Å². The molecule has 9 heteroatoms. The van der Waals surface area contributed by atoms with Gasteiger partial charge in [0.2, 0.25) is 10.0 Å². The molecular formula is C19H19FN2O5S. The van der Waals surface area contributed by atoms with E-state index in [1.165, 1.54) is 7.05 Å². The van der Waals surface area contributed by atoms with Crippen LogP contribution in [0.1, 0.15) is 5.56 Å². The number of benzene rings is 2. The van der Waals surface area contributed by atoms with E-state index >= 15 is 0 Å². The standard InChI is InChI=1S/C19H19FN2O5S/c1-21(28(25,26)16-8-6-15(20)7-9-16)12-19(24)27-13-18(23)22-11-10-14-4-2-3-5-17(14)22/h2-9H,10-13H2,1H3. The molecule has 1 amide bonds. The van der Waals surface area contributed by atoms with Gasteiger partial charge in [-0.1, -0.05) is 18.2 Å². The maximum Gasteiger partial charge on any atom is 0.321 e. The van der Waals surface area contributed by atoms with Crippen LogP contribution in [0.4, 0.5) is 10.1 Å². The summed E-state index contributed by atoms with van der Waals surface area (Å²) >= 11 is 0. The van der Waals surface area contributed by atoms with Gasteiger partial charge in [0, 0.05) is 19.3 Å². The first-order valence-electron chi connectivity index (χ1n) is 8.55. The number of fused-ring (bicyclic) bond motifs is 1. The molecule has 28 heavy (non-hydrogen) atoms. The predicted octanol–water partition coefficient (Wildman–Crippen LogP) is 1.58. The van der Waals surface area contributed by atoms with Gasteiger partial charge in [-0.25, -0.2) is 12.8 Å². The number of nitrogens with zero attached hydrogens (tertiary/aromatic N) is 2. The molecule has 0 bridgehead atoms. The first-order chi connectivity index (χ1) is 13.3. The van der Waals surface area contributed by atoms with E-state index in [0.717, 1.165) is 46.2 Å². The highest BCUT2D eigenvalue weighted by Gasteiger charge is 2.27. The summed E-state index contributed by atoms with van der Waals surface area (Å²) in [6.45, 7) is -0.532. The summed E-state index contributed by atoms with van der Waals surface area (Å²) in [5, 5.41) is 0. The number of hydrogen-bond acceptors (Lipinski definition) is 5. The number of amides is 1. The van der Waals surface area contributed by atoms with Crippen molar-refractivity contribution in [2.45, 2.75) is 11.3 Å². The van der Waals surface area contributed by atoms with Crippen LogP contribution in [-0.2, 0) is 30.8 Å². The highest BCUT2D eigenvalue weighted by Crippen LogP contribution is 2.27. The molecule has 0 spiro atoms. The number of para-hydroxylation sites is 1. The van der Waals surface area contributed by atoms with Gasteiger partial charge in [-0.2, -0.15) is 4.31 Å². The van der Waals surface area contributed by atoms with Gasteiger partial charge < -0.3 is 9.64 Å². The van der Waals surface area contributed by atoms with E-state index in [9.17, 15) is 22.4 Å². The molecule has 1 heterocycles. The second-order valence-corrected chi connectivity index (χ2v) is 8.34. The van der Waals surface area contributed by atoms with Crippen LogP contribution >= 0.6 is 0 Å². The monoisotopic (exact) mass is 406 g/mol. The van der Waals surface area contributed by atoms with E-state index in [0.29, 0.717) is 6.54 Å². The van der Waals surface area contributed by atoms with E-state index in [1.54, 1.807) is 4.90 Å². The second kappa shape index (κ2) is 8.07. The van der Waals surface area contributed by atoms with Crippen LogP contribution in [0.5, 0.6) is 0 Å². The Morgan fingerprint density at radius 2 is 1.82 bits per heavy atom. The van der Waals surface area contributed by atoms with E-state index in [-0.39, 0.29) is 10.8 Å². The van der Waals surface area contributed by atoms with Crippen LogP contribution in [0.2, 0.25) is 0 Å². The third-order valence-electron chi connectivity index (χ3n) is 4.42. The highest BCUT2D eigenvalue weighted by molar-refractivity contribution is 7.89. The Bertz CT molecular complexity index is 992. The van der Waals surface area contributed by atoms with Gasteiger partial charge >= 0.3 is 5.97 Å². The molecule has 0 aliphatic carbocycles. The molecule has 2 aromatic carbocycles. The van der Waals surface area contributed by atoms with Crippen molar-refractivity contribution in [2.75, 3.05) is 31.6 Å². The molecule has 2 aromatic rings. The fourth-order valence-electron chi connectivity index (χ4n) is 2.92. The molecule has 7 nitrogen and oxygen atoms in total. The number of ether oxygens (including phenoxy) is 1. The van der Waals surface area contributed by atoms with Gasteiger partial charge in [-0.15, -0.1) is 0 Å². The molecule has 1 aliphatic heterocycles. The molecule has 0 atom stereocenters. The summed E-state index contributed by atoms with van der Waals surface area (Å²) in [7, 11) is -2.77. The molecule has 0 saturated heterocycles. The maximum atomic E-state index is 13.0. The van der Waals surface area contributed by atoms with Crippen LogP contribution in [-0.4, -0.2) is 51.3 Å². The van der Waals surface area contributed by atoms with Crippen molar-refractivity contribution in [3.8, 4) is 0 Å². The number of carbonyl (C=O) groups excluding carboxylic acids is 2. The van der Waals surface area contributed by atoms with Crippen molar-refractivity contribution in [3.63, 3.8) is 0 Å². The van der Waals surface area contributed by atoms with Gasteiger partial charge in [0.25, 0.3) is 5.91 Å². The molecule has 148 valence electrons. The van der Waals surface area contributed by atoms with Crippen LogP contribution in [0.15, 0.2) is 53.4 Å². The lowest BCUT2D eigenvalue weighted by Gasteiger charge is -2.19. The molecule has 3 rings (SSSR count). The molecule has 0 aromatic heterocycles. The van der Waals surface area contributed by atoms with Crippen LogP contribution < -0.4 is 4.90 Å². The number of anilines is 1. The zero-order chi connectivity index (χ0) is 20.3. The molecule has 0 unspecified atom stereocenters. The quantitative estimate of drug-likeness (QED) is 0.680. The fraction of sp³-hybridized carbons (Fsp3) is 0.263. The van der Waals surface area contributed by atoms with Crippen molar-refractivity contribution in [3.05, 3.63) is 59.9 Å². The van der Waals surface area contributed by atoms with Gasteiger partial charge in [0.05, 0.1) is 4.90 Å². The third kappa shape index (κ3) is 4.20. The topological polar surface area (TPSA) is 84.0 Å². The lowest BCUT2D eigenvalue weighted by Crippen LogP contribution is -2.36. The Kier molecular flexibility index (Phi) is 5.76. The van der Waals surface area contributed by atoms with Crippen molar-refractivity contribution in [1.82, 2.24) is 4.31 Å². The van der Waals surface area contributed by atoms with Gasteiger partial charge in [-0.05, 0) is 42.3 Å². The van der Waals surface area contributed by atoms with Crippen molar-refractivity contribution in [1.29, 1.82) is 0 Å². The Labute approximate surface area is 162 Å². The van der Waals surface area contributed by atoms with E-state index in [4.69, 9.17) is 4.74 Å². The number of carbonyl (C=O) groups is 2. The maximum absolute atomic E-state index is 13.0. The summed E-state index contributed by atoms with van der Waals surface area (Å²) in [4.78, 5) is 25.7. The SMILES string of the molecule is CN(CC(=O)OCC(=O)N1CCc2ccccc21)S(=O)(=O)c1ccc(F)cc1. The van der Waals surface area contributed by atoms with E-state index < -0.39 is 35.0 Å². The Balaban J connectivity index is 1.55. The molecule has 0 fully saturated rings. The lowest BCUT2D eigenvalue weighted by molar-refractivity contribution is -0.147. The molecule has 0 saturated carbocycles. The first kappa shape index (κ1) is 20.0. The Morgan fingerprint density at radius 3 is 2.54 bits per heavy atom. The average Bonchev–Trinajstić information content (AvgIpc) is 3.10. The average molecular weight is 406 g/mol. The van der Waals surface area contributed by atoms with Crippen molar-refractivity contribution < 1.29 is 27.1 Å². The summed E-state index contributed by atoms with van der Waals surface area (Å²) in [5.41, 5.74) is 1.84. The molecule has 0 N–H and O–H groups in total. The van der Waals surface area contributed by atoms with E-state index in [2.05, 4.69) is 0 Å². The summed E-state index contributed by atoms with van der Waals surface area (Å²) < 4.78 is 43.5. The van der Waals surface area contributed by atoms with Gasteiger partial charge in [0.1, 0.15) is 12.4 Å². The smallest absolute Gasteiger partial charge is 0.321 e. The number of esters is 1. The van der Waals surface area contributed by atoms with Crippen LogP contribution in [0, 0.1) is 5.82 Å². The number of rotatable bonds is 6. The molecule has 1 aliphatic rings. The van der Waals surface area contributed by atoms with Crippen LogP contribution in [0.25, 0.3) is 0 Å². The Morgan fingerprint density at radius 1 is 1.14 bits per heavy atom. The Hall–Kier alpha value is -2.78. The fourth-order valence-corrected chi connectivity index (χ4v) is 4.03. The van der Waals surface area contributed by atoms with Gasteiger partial charge in [0.15, 0.2) is 6.61 Å². The molecule has 0 radical (unpaired) electrons. The zero-order valence-corrected chi connectivity index (χ0v) is 16.0. The minimum atomic E-state index is -3.97. The minimum Gasteiger partial charge on any atom is -0.455 e. The molecular weight excluding hydrogens is 387 g/mol.